The van der Waals surface area contributed by atoms with E-state index in [2.05, 4.69) is 52.8 Å². The van der Waals surface area contributed by atoms with Gasteiger partial charge in [-0.3, -0.25) is 4.90 Å². The van der Waals surface area contributed by atoms with Crippen molar-refractivity contribution in [3.8, 4) is 11.5 Å². The quantitative estimate of drug-likeness (QED) is 0.298. The molecule has 7 nitrogen and oxygen atoms in total. The van der Waals surface area contributed by atoms with E-state index in [1.165, 1.54) is 16.7 Å². The first kappa shape index (κ1) is 24.6. The van der Waals surface area contributed by atoms with Gasteiger partial charge in [0, 0.05) is 32.7 Å². The number of guanidine groups is 1. The van der Waals surface area contributed by atoms with E-state index in [4.69, 9.17) is 19.2 Å². The van der Waals surface area contributed by atoms with Crippen LogP contribution in [0.15, 0.2) is 47.5 Å². The van der Waals surface area contributed by atoms with E-state index in [1.54, 1.807) is 0 Å². The van der Waals surface area contributed by atoms with Crippen LogP contribution in [0.2, 0.25) is 0 Å². The van der Waals surface area contributed by atoms with Crippen molar-refractivity contribution in [1.82, 2.24) is 15.5 Å². The molecule has 2 N–H and O–H groups in total. The highest BCUT2D eigenvalue weighted by Crippen LogP contribution is 2.32. The van der Waals surface area contributed by atoms with E-state index in [9.17, 15) is 0 Å². The zero-order valence-electron chi connectivity index (χ0n) is 18.6. The Bertz CT molecular complexity index is 870. The summed E-state index contributed by atoms with van der Waals surface area (Å²) in [6.07, 6.45) is 0.886. The average molecular weight is 552 g/mol. The third-order valence-electron chi connectivity index (χ3n) is 5.44. The molecule has 2 aromatic rings. The van der Waals surface area contributed by atoms with Gasteiger partial charge in [0.15, 0.2) is 17.5 Å². The van der Waals surface area contributed by atoms with Crippen molar-refractivity contribution in [1.29, 1.82) is 0 Å². The molecule has 0 aliphatic carbocycles. The third kappa shape index (κ3) is 7.25. The Morgan fingerprint density at radius 1 is 0.938 bits per heavy atom. The Morgan fingerprint density at radius 3 is 2.44 bits per heavy atom. The van der Waals surface area contributed by atoms with E-state index in [0.29, 0.717) is 13.3 Å². The number of fused-ring (bicyclic) bond motifs is 1. The first-order valence-corrected chi connectivity index (χ1v) is 11.1. The van der Waals surface area contributed by atoms with E-state index < -0.39 is 0 Å². The highest BCUT2D eigenvalue weighted by atomic mass is 127. The molecule has 2 aliphatic heterocycles. The van der Waals surface area contributed by atoms with Crippen LogP contribution < -0.4 is 20.1 Å². The zero-order chi connectivity index (χ0) is 21.3. The van der Waals surface area contributed by atoms with E-state index in [-0.39, 0.29) is 24.0 Å². The number of hydrogen-bond acceptors (Lipinski definition) is 5. The molecule has 4 rings (SSSR count). The second-order valence-electron chi connectivity index (χ2n) is 7.76. The van der Waals surface area contributed by atoms with Crippen LogP contribution in [0.3, 0.4) is 0 Å². The fraction of sp³-hybridized carbons (Fsp3) is 0.458. The minimum Gasteiger partial charge on any atom is -0.454 e. The lowest BCUT2D eigenvalue weighted by Crippen LogP contribution is -2.38. The lowest BCUT2D eigenvalue weighted by Gasteiger charge is -2.26. The highest BCUT2D eigenvalue weighted by molar-refractivity contribution is 14.0. The van der Waals surface area contributed by atoms with Gasteiger partial charge in [0.05, 0.1) is 19.8 Å². The van der Waals surface area contributed by atoms with E-state index >= 15 is 0 Å². The second kappa shape index (κ2) is 12.9. The lowest BCUT2D eigenvalue weighted by atomic mass is 10.1. The Kier molecular flexibility index (Phi) is 9.89. The number of benzene rings is 2. The van der Waals surface area contributed by atoms with Crippen molar-refractivity contribution in [3.05, 3.63) is 59.2 Å². The summed E-state index contributed by atoms with van der Waals surface area (Å²) >= 11 is 0. The number of halogens is 1. The van der Waals surface area contributed by atoms with Crippen LogP contribution in [0, 0.1) is 0 Å². The molecule has 32 heavy (non-hydrogen) atoms. The summed E-state index contributed by atoms with van der Waals surface area (Å²) in [6.45, 7) is 9.33. The van der Waals surface area contributed by atoms with Crippen molar-refractivity contribution in [3.63, 3.8) is 0 Å². The van der Waals surface area contributed by atoms with E-state index in [1.807, 2.05) is 12.1 Å². The largest absolute Gasteiger partial charge is 0.454 e. The Balaban J connectivity index is 0.00000289. The maximum Gasteiger partial charge on any atom is 0.231 e. The molecule has 0 aromatic heterocycles. The molecule has 1 fully saturated rings. The number of morpholine rings is 1. The van der Waals surface area contributed by atoms with Crippen molar-refractivity contribution in [2.24, 2.45) is 4.99 Å². The van der Waals surface area contributed by atoms with Gasteiger partial charge in [-0.25, -0.2) is 4.99 Å². The summed E-state index contributed by atoms with van der Waals surface area (Å²) in [5, 5.41) is 6.74. The van der Waals surface area contributed by atoms with Gasteiger partial charge in [-0.05, 0) is 42.2 Å². The number of aliphatic imine (C=N–C) groups is 1. The third-order valence-corrected chi connectivity index (χ3v) is 5.44. The van der Waals surface area contributed by atoms with E-state index in [0.717, 1.165) is 69.8 Å². The standard InChI is InChI=1S/C24H32N4O3.HI/c1-2-25-24(26-10-9-19-7-8-22-23(15-19)31-18-30-22)27-16-20-3-5-21(6-4-20)17-28-11-13-29-14-12-28;/h3-8,15H,2,9-14,16-18H2,1H3,(H2,25,26,27);1H. The Hall–Kier alpha value is -2.04. The molecule has 0 radical (unpaired) electrons. The first-order valence-electron chi connectivity index (χ1n) is 11.1. The molecular formula is C24H33IN4O3. The van der Waals surface area contributed by atoms with Crippen molar-refractivity contribution < 1.29 is 14.2 Å². The maximum absolute atomic E-state index is 5.46. The van der Waals surface area contributed by atoms with Crippen LogP contribution in [-0.2, 0) is 24.2 Å². The SMILES string of the molecule is CCNC(=NCc1ccc(CN2CCOCC2)cc1)NCCc1ccc2c(c1)OCO2.I. The molecule has 0 bridgehead atoms. The Morgan fingerprint density at radius 2 is 1.66 bits per heavy atom. The van der Waals surface area contributed by atoms with Gasteiger partial charge in [-0.1, -0.05) is 30.3 Å². The number of hydrogen-bond donors (Lipinski definition) is 2. The number of nitrogens with one attached hydrogen (secondary N) is 2. The van der Waals surface area contributed by atoms with Crippen LogP contribution in [0.25, 0.3) is 0 Å². The summed E-state index contributed by atoms with van der Waals surface area (Å²) in [7, 11) is 0. The second-order valence-corrected chi connectivity index (χ2v) is 7.76. The summed E-state index contributed by atoms with van der Waals surface area (Å²) in [5.41, 5.74) is 3.76. The van der Waals surface area contributed by atoms with Gasteiger partial charge in [-0.2, -0.15) is 0 Å². The minimum absolute atomic E-state index is 0. The highest BCUT2D eigenvalue weighted by Gasteiger charge is 2.13. The van der Waals surface area contributed by atoms with Crippen molar-refractivity contribution in [2.75, 3.05) is 46.2 Å². The molecule has 0 atom stereocenters. The first-order chi connectivity index (χ1) is 15.3. The summed E-state index contributed by atoms with van der Waals surface area (Å²) in [6, 6.07) is 14.9. The molecule has 0 spiro atoms. The topological polar surface area (TPSA) is 67.4 Å². The van der Waals surface area contributed by atoms with Crippen LogP contribution in [0.5, 0.6) is 11.5 Å². The molecule has 1 saturated heterocycles. The van der Waals surface area contributed by atoms with Gasteiger partial charge in [0.2, 0.25) is 6.79 Å². The number of nitrogens with zero attached hydrogens (tertiary/aromatic N) is 2. The fourth-order valence-corrected chi connectivity index (χ4v) is 3.70. The summed E-state index contributed by atoms with van der Waals surface area (Å²) < 4.78 is 16.3. The molecule has 2 aliphatic rings. The smallest absolute Gasteiger partial charge is 0.231 e. The number of rotatable bonds is 8. The zero-order valence-corrected chi connectivity index (χ0v) is 21.0. The fourth-order valence-electron chi connectivity index (χ4n) is 3.70. The summed E-state index contributed by atoms with van der Waals surface area (Å²) in [5.74, 6) is 2.48. The average Bonchev–Trinajstić information content (AvgIpc) is 3.27. The molecule has 2 heterocycles. The van der Waals surface area contributed by atoms with Crippen molar-refractivity contribution in [2.45, 2.75) is 26.4 Å². The van der Waals surface area contributed by atoms with Crippen LogP contribution in [0.4, 0.5) is 0 Å². The molecule has 174 valence electrons. The van der Waals surface area contributed by atoms with Crippen LogP contribution in [0.1, 0.15) is 23.6 Å². The monoisotopic (exact) mass is 552 g/mol. The number of ether oxygens (including phenoxy) is 3. The molecule has 0 saturated carbocycles. The van der Waals surface area contributed by atoms with Gasteiger partial charge in [0.25, 0.3) is 0 Å². The predicted octanol–water partition coefficient (Wildman–Crippen LogP) is 3.16. The molecular weight excluding hydrogens is 519 g/mol. The normalized spacial score (nSPS) is 15.8. The lowest BCUT2D eigenvalue weighted by molar-refractivity contribution is 0.0342. The molecule has 8 heteroatoms. The molecule has 0 amide bonds. The summed E-state index contributed by atoms with van der Waals surface area (Å²) in [4.78, 5) is 7.18. The van der Waals surface area contributed by atoms with Gasteiger partial charge < -0.3 is 24.8 Å². The minimum atomic E-state index is 0. The van der Waals surface area contributed by atoms with Crippen molar-refractivity contribution >= 4 is 29.9 Å². The van der Waals surface area contributed by atoms with Gasteiger partial charge in [0.1, 0.15) is 0 Å². The maximum atomic E-state index is 5.46. The van der Waals surface area contributed by atoms with Crippen LogP contribution >= 0.6 is 24.0 Å². The molecule has 0 unspecified atom stereocenters. The van der Waals surface area contributed by atoms with Crippen LogP contribution in [-0.4, -0.2) is 57.0 Å². The predicted molar refractivity (Wildman–Crippen MR) is 137 cm³/mol. The van der Waals surface area contributed by atoms with Gasteiger partial charge in [-0.15, -0.1) is 24.0 Å². The Labute approximate surface area is 207 Å². The molecule has 2 aromatic carbocycles. The van der Waals surface area contributed by atoms with Gasteiger partial charge >= 0.3 is 0 Å².